The van der Waals surface area contributed by atoms with E-state index in [0.717, 1.165) is 25.0 Å². The largest absolute Gasteiger partial charge is 0.378 e. The molecule has 0 bridgehead atoms. The van der Waals surface area contributed by atoms with Crippen LogP contribution in [0.5, 0.6) is 0 Å². The van der Waals surface area contributed by atoms with Gasteiger partial charge in [0, 0.05) is 25.0 Å². The Bertz CT molecular complexity index is 275. The second-order valence-corrected chi connectivity index (χ2v) is 5.70. The summed E-state index contributed by atoms with van der Waals surface area (Å²) in [5.41, 5.74) is 0. The molecule has 3 rings (SSSR count). The van der Waals surface area contributed by atoms with Crippen molar-refractivity contribution in [2.75, 3.05) is 19.8 Å². The number of ether oxygens (including phenoxy) is 1. The minimum Gasteiger partial charge on any atom is -0.378 e. The second-order valence-electron chi connectivity index (χ2n) is 5.70. The first-order valence-electron chi connectivity index (χ1n) is 6.93. The minimum atomic E-state index is 0. The standard InChI is InChI=1S/C13H22N2O2.ClH/c16-12(7-11-8-17-6-5-14-11)15-13(9-1-2-9)10-3-4-10;/h9-11,13-14H,1-8H2,(H,15,16);1H. The van der Waals surface area contributed by atoms with Gasteiger partial charge in [0.05, 0.1) is 13.2 Å². The maximum atomic E-state index is 12.0. The predicted molar refractivity (Wildman–Crippen MR) is 71.9 cm³/mol. The molecule has 18 heavy (non-hydrogen) atoms. The molecule has 2 N–H and O–H groups in total. The third kappa shape index (κ3) is 3.84. The minimum absolute atomic E-state index is 0. The molecule has 5 heteroatoms. The van der Waals surface area contributed by atoms with E-state index in [0.29, 0.717) is 19.1 Å². The van der Waals surface area contributed by atoms with Crippen molar-refractivity contribution in [3.63, 3.8) is 0 Å². The van der Waals surface area contributed by atoms with E-state index in [1.54, 1.807) is 0 Å². The molecule has 1 heterocycles. The number of halogens is 1. The van der Waals surface area contributed by atoms with E-state index in [-0.39, 0.29) is 24.4 Å². The summed E-state index contributed by atoms with van der Waals surface area (Å²) in [7, 11) is 0. The van der Waals surface area contributed by atoms with Crippen LogP contribution in [0.3, 0.4) is 0 Å². The number of carbonyl (C=O) groups is 1. The molecule has 1 unspecified atom stereocenters. The molecule has 2 saturated carbocycles. The highest BCUT2D eigenvalue weighted by atomic mass is 35.5. The Morgan fingerprint density at radius 2 is 1.94 bits per heavy atom. The van der Waals surface area contributed by atoms with E-state index in [1.807, 2.05) is 0 Å². The Morgan fingerprint density at radius 1 is 1.28 bits per heavy atom. The van der Waals surface area contributed by atoms with Gasteiger partial charge in [0.15, 0.2) is 0 Å². The third-order valence-electron chi connectivity index (χ3n) is 4.02. The lowest BCUT2D eigenvalue weighted by Gasteiger charge is -2.25. The van der Waals surface area contributed by atoms with Crippen molar-refractivity contribution in [2.45, 2.75) is 44.2 Å². The summed E-state index contributed by atoms with van der Waals surface area (Å²) in [6.45, 7) is 2.31. The first-order chi connectivity index (χ1) is 8.33. The Hall–Kier alpha value is -0.320. The highest BCUT2D eigenvalue weighted by Gasteiger charge is 2.42. The fourth-order valence-electron chi connectivity index (χ4n) is 2.75. The average molecular weight is 275 g/mol. The number of nitrogens with one attached hydrogen (secondary N) is 2. The van der Waals surface area contributed by atoms with Crippen LogP contribution >= 0.6 is 12.4 Å². The van der Waals surface area contributed by atoms with Crippen molar-refractivity contribution in [3.05, 3.63) is 0 Å². The zero-order valence-corrected chi connectivity index (χ0v) is 11.5. The number of hydrogen-bond acceptors (Lipinski definition) is 3. The van der Waals surface area contributed by atoms with Gasteiger partial charge >= 0.3 is 0 Å². The number of amides is 1. The lowest BCUT2D eigenvalue weighted by atomic mass is 10.1. The van der Waals surface area contributed by atoms with Crippen molar-refractivity contribution in [1.82, 2.24) is 10.6 Å². The topological polar surface area (TPSA) is 50.4 Å². The fourth-order valence-corrected chi connectivity index (χ4v) is 2.75. The maximum absolute atomic E-state index is 12.0. The molecule has 3 aliphatic rings. The first-order valence-corrected chi connectivity index (χ1v) is 6.93. The molecule has 1 atom stereocenters. The smallest absolute Gasteiger partial charge is 0.221 e. The van der Waals surface area contributed by atoms with Crippen LogP contribution in [-0.2, 0) is 9.53 Å². The van der Waals surface area contributed by atoms with Gasteiger partial charge in [-0.1, -0.05) is 0 Å². The van der Waals surface area contributed by atoms with Gasteiger partial charge in [0.25, 0.3) is 0 Å². The maximum Gasteiger partial charge on any atom is 0.221 e. The number of carbonyl (C=O) groups excluding carboxylic acids is 1. The van der Waals surface area contributed by atoms with E-state index >= 15 is 0 Å². The zero-order valence-electron chi connectivity index (χ0n) is 10.7. The highest BCUT2D eigenvalue weighted by Crippen LogP contribution is 2.44. The monoisotopic (exact) mass is 274 g/mol. The van der Waals surface area contributed by atoms with Gasteiger partial charge in [-0.3, -0.25) is 4.79 Å². The molecule has 1 amide bonds. The summed E-state index contributed by atoms with van der Waals surface area (Å²) in [6, 6.07) is 0.690. The van der Waals surface area contributed by atoms with Crippen LogP contribution < -0.4 is 10.6 Å². The fraction of sp³-hybridized carbons (Fsp3) is 0.923. The Morgan fingerprint density at radius 3 is 2.44 bits per heavy atom. The van der Waals surface area contributed by atoms with E-state index in [4.69, 9.17) is 4.74 Å². The van der Waals surface area contributed by atoms with Crippen LogP contribution in [0.2, 0.25) is 0 Å². The quantitative estimate of drug-likeness (QED) is 0.789. The van der Waals surface area contributed by atoms with Crippen molar-refractivity contribution >= 4 is 18.3 Å². The molecule has 0 aromatic heterocycles. The molecule has 0 radical (unpaired) electrons. The van der Waals surface area contributed by atoms with Crippen molar-refractivity contribution in [3.8, 4) is 0 Å². The highest BCUT2D eigenvalue weighted by molar-refractivity contribution is 5.85. The van der Waals surface area contributed by atoms with E-state index in [9.17, 15) is 4.79 Å². The molecular weight excluding hydrogens is 252 g/mol. The van der Waals surface area contributed by atoms with Crippen molar-refractivity contribution in [2.24, 2.45) is 11.8 Å². The first kappa shape index (κ1) is 14.1. The molecule has 4 nitrogen and oxygen atoms in total. The van der Waals surface area contributed by atoms with Crippen LogP contribution in [0, 0.1) is 11.8 Å². The summed E-state index contributed by atoms with van der Waals surface area (Å²) in [5, 5.41) is 6.58. The summed E-state index contributed by atoms with van der Waals surface area (Å²) < 4.78 is 5.37. The average Bonchev–Trinajstić information content (AvgIpc) is 3.19. The number of rotatable bonds is 5. The van der Waals surface area contributed by atoms with E-state index in [1.165, 1.54) is 25.7 Å². The van der Waals surface area contributed by atoms with Crippen LogP contribution in [-0.4, -0.2) is 37.7 Å². The molecule has 104 valence electrons. The summed E-state index contributed by atoms with van der Waals surface area (Å²) in [6.07, 6.45) is 5.81. The third-order valence-corrected chi connectivity index (χ3v) is 4.02. The molecule has 3 fully saturated rings. The normalized spacial score (nSPS) is 27.7. The van der Waals surface area contributed by atoms with E-state index in [2.05, 4.69) is 10.6 Å². The predicted octanol–water partition coefficient (Wildman–Crippen LogP) is 1.09. The van der Waals surface area contributed by atoms with Crippen LogP contribution in [0.25, 0.3) is 0 Å². The molecule has 2 aliphatic carbocycles. The lowest BCUT2D eigenvalue weighted by molar-refractivity contribution is -0.123. The summed E-state index contributed by atoms with van der Waals surface area (Å²) >= 11 is 0. The SMILES string of the molecule is Cl.O=C(CC1COCCN1)NC(C1CC1)C1CC1. The number of morpholine rings is 1. The second kappa shape index (κ2) is 6.22. The lowest BCUT2D eigenvalue weighted by Crippen LogP contribution is -2.46. The van der Waals surface area contributed by atoms with Crippen molar-refractivity contribution < 1.29 is 9.53 Å². The van der Waals surface area contributed by atoms with Gasteiger partial charge in [-0.15, -0.1) is 12.4 Å². The van der Waals surface area contributed by atoms with Crippen LogP contribution in [0.4, 0.5) is 0 Å². The number of hydrogen-bond donors (Lipinski definition) is 2. The molecule has 0 spiro atoms. The Labute approximate surface area is 115 Å². The van der Waals surface area contributed by atoms with Gasteiger partial charge in [0.1, 0.15) is 0 Å². The van der Waals surface area contributed by atoms with E-state index < -0.39 is 0 Å². The van der Waals surface area contributed by atoms with Crippen LogP contribution in [0.15, 0.2) is 0 Å². The van der Waals surface area contributed by atoms with Gasteiger partial charge in [-0.25, -0.2) is 0 Å². The molecular formula is C13H23ClN2O2. The Kier molecular flexibility index (Phi) is 4.87. The van der Waals surface area contributed by atoms with Gasteiger partial charge in [-0.05, 0) is 37.5 Å². The van der Waals surface area contributed by atoms with Gasteiger partial charge in [0.2, 0.25) is 5.91 Å². The molecule has 0 aromatic rings. The zero-order chi connectivity index (χ0) is 11.7. The summed E-state index contributed by atoms with van der Waals surface area (Å²) in [4.78, 5) is 12.0. The molecule has 1 aliphatic heterocycles. The van der Waals surface area contributed by atoms with Gasteiger partial charge < -0.3 is 15.4 Å². The van der Waals surface area contributed by atoms with Crippen LogP contribution in [0.1, 0.15) is 32.1 Å². The Balaban J connectivity index is 0.00000120. The van der Waals surface area contributed by atoms with Crippen molar-refractivity contribution in [1.29, 1.82) is 0 Å². The summed E-state index contributed by atoms with van der Waals surface area (Å²) in [5.74, 6) is 1.76. The van der Waals surface area contributed by atoms with Gasteiger partial charge in [-0.2, -0.15) is 0 Å². The molecule has 1 saturated heterocycles. The molecule has 0 aromatic carbocycles.